The molecule has 2 aromatic rings. The molecule has 6 heteroatoms. The minimum absolute atomic E-state index is 0.165. The van der Waals surface area contributed by atoms with Crippen molar-refractivity contribution in [3.63, 3.8) is 0 Å². The molecule has 0 fully saturated rings. The zero-order valence-corrected chi connectivity index (χ0v) is 16.3. The van der Waals surface area contributed by atoms with E-state index in [0.29, 0.717) is 27.2 Å². The Bertz CT molecular complexity index is 816. The number of halogens is 1. The van der Waals surface area contributed by atoms with E-state index >= 15 is 0 Å². The summed E-state index contributed by atoms with van der Waals surface area (Å²) in [7, 11) is 6.97. The van der Waals surface area contributed by atoms with Crippen molar-refractivity contribution in [1.29, 1.82) is 0 Å². The van der Waals surface area contributed by atoms with Gasteiger partial charge in [-0.05, 0) is 58.4 Å². The Balaban J connectivity index is 2.37. The van der Waals surface area contributed by atoms with Crippen molar-refractivity contribution in [1.82, 2.24) is 0 Å². The molecule has 0 atom stereocenters. The van der Waals surface area contributed by atoms with Gasteiger partial charge in [0.25, 0.3) is 0 Å². The molecule has 0 aliphatic heterocycles. The Morgan fingerprint density at radius 3 is 2.40 bits per heavy atom. The Hall–Kier alpha value is -2.47. The van der Waals surface area contributed by atoms with Crippen LogP contribution in [-0.4, -0.2) is 34.1 Å². The van der Waals surface area contributed by atoms with Gasteiger partial charge >= 0.3 is 0 Å². The normalized spacial score (nSPS) is 11.2. The molecular formula is C19H21BrN2O3. The average molecular weight is 405 g/mol. The van der Waals surface area contributed by atoms with E-state index in [1.165, 1.54) is 0 Å². The van der Waals surface area contributed by atoms with Crippen LogP contribution in [0.5, 0.6) is 11.5 Å². The van der Waals surface area contributed by atoms with Crippen LogP contribution in [0, 0.1) is 0 Å². The quantitative estimate of drug-likeness (QED) is 0.448. The summed E-state index contributed by atoms with van der Waals surface area (Å²) in [6, 6.07) is 10.7. The van der Waals surface area contributed by atoms with Gasteiger partial charge in [-0.15, -0.1) is 0 Å². The summed E-state index contributed by atoms with van der Waals surface area (Å²) in [6.45, 7) is 0. The molecule has 0 spiro atoms. The first-order valence-corrected chi connectivity index (χ1v) is 8.37. The standard InChI is InChI=1S/C19H21BrN2O3/c1-22(2)17-7-5-12(11-16(17)21)19(23)15(20)10-13-9-14(24-3)6-8-18(13)25-4/h5-11H,21H2,1-4H3/b15-10+. The number of anilines is 2. The van der Waals surface area contributed by atoms with E-state index in [9.17, 15) is 4.79 Å². The largest absolute Gasteiger partial charge is 0.497 e. The van der Waals surface area contributed by atoms with E-state index in [-0.39, 0.29) is 5.78 Å². The number of nitrogen functional groups attached to an aromatic ring is 1. The third-order valence-corrected chi connectivity index (χ3v) is 4.30. The van der Waals surface area contributed by atoms with Crippen molar-refractivity contribution in [2.45, 2.75) is 0 Å². The maximum Gasteiger partial charge on any atom is 0.200 e. The number of carbonyl (C=O) groups excluding carboxylic acids is 1. The van der Waals surface area contributed by atoms with Crippen LogP contribution in [0.1, 0.15) is 15.9 Å². The molecule has 0 radical (unpaired) electrons. The first-order valence-electron chi connectivity index (χ1n) is 7.58. The fraction of sp³-hybridized carbons (Fsp3) is 0.211. The highest BCUT2D eigenvalue weighted by Crippen LogP contribution is 2.29. The molecule has 0 saturated heterocycles. The van der Waals surface area contributed by atoms with Crippen LogP contribution in [0.25, 0.3) is 6.08 Å². The number of allylic oxidation sites excluding steroid dienone is 1. The van der Waals surface area contributed by atoms with E-state index in [1.54, 1.807) is 50.6 Å². The van der Waals surface area contributed by atoms with Gasteiger partial charge in [0.15, 0.2) is 5.78 Å². The van der Waals surface area contributed by atoms with Gasteiger partial charge in [0.05, 0.1) is 30.1 Å². The van der Waals surface area contributed by atoms with Crippen LogP contribution in [0.2, 0.25) is 0 Å². The molecule has 0 aliphatic rings. The van der Waals surface area contributed by atoms with Gasteiger partial charge in [-0.3, -0.25) is 4.79 Å². The van der Waals surface area contributed by atoms with Crippen LogP contribution in [-0.2, 0) is 0 Å². The lowest BCUT2D eigenvalue weighted by atomic mass is 10.1. The number of ether oxygens (including phenoxy) is 2. The molecule has 0 bridgehead atoms. The average Bonchev–Trinajstić information content (AvgIpc) is 2.60. The minimum atomic E-state index is -0.165. The predicted octanol–water partition coefficient (Wildman–Crippen LogP) is 3.97. The highest BCUT2D eigenvalue weighted by atomic mass is 79.9. The number of Topliss-reactive ketones (excluding diaryl/α,β-unsaturated/α-hetero) is 1. The van der Waals surface area contributed by atoms with Gasteiger partial charge in [-0.25, -0.2) is 0 Å². The molecular weight excluding hydrogens is 384 g/mol. The fourth-order valence-corrected chi connectivity index (χ4v) is 2.87. The number of nitrogens with two attached hydrogens (primary N) is 1. The Labute approximate surface area is 156 Å². The molecule has 132 valence electrons. The predicted molar refractivity (Wildman–Crippen MR) is 106 cm³/mol. The first-order chi connectivity index (χ1) is 11.9. The number of hydrogen-bond acceptors (Lipinski definition) is 5. The maximum absolute atomic E-state index is 12.7. The Morgan fingerprint density at radius 1 is 1.12 bits per heavy atom. The van der Waals surface area contributed by atoms with Gasteiger partial charge in [0.1, 0.15) is 11.5 Å². The highest BCUT2D eigenvalue weighted by Gasteiger charge is 2.14. The zero-order valence-electron chi connectivity index (χ0n) is 14.7. The molecule has 0 unspecified atom stereocenters. The summed E-state index contributed by atoms with van der Waals surface area (Å²) in [5, 5.41) is 0. The van der Waals surface area contributed by atoms with Crippen LogP contribution in [0.15, 0.2) is 40.9 Å². The summed E-state index contributed by atoms with van der Waals surface area (Å²) < 4.78 is 11.0. The van der Waals surface area contributed by atoms with Crippen molar-refractivity contribution < 1.29 is 14.3 Å². The SMILES string of the molecule is COc1ccc(OC)c(/C=C(/Br)C(=O)c2ccc(N(C)C)c(N)c2)c1. The van der Waals surface area contributed by atoms with Crippen molar-refractivity contribution in [3.05, 3.63) is 52.0 Å². The number of nitrogens with zero attached hydrogens (tertiary/aromatic N) is 1. The molecule has 0 heterocycles. The maximum atomic E-state index is 12.7. The monoisotopic (exact) mass is 404 g/mol. The third kappa shape index (κ3) is 4.33. The van der Waals surface area contributed by atoms with Crippen LogP contribution in [0.4, 0.5) is 11.4 Å². The van der Waals surface area contributed by atoms with Gasteiger partial charge in [0, 0.05) is 25.2 Å². The number of carbonyl (C=O) groups is 1. The van der Waals surface area contributed by atoms with Crippen LogP contribution < -0.4 is 20.1 Å². The van der Waals surface area contributed by atoms with E-state index in [2.05, 4.69) is 15.9 Å². The number of hydrogen-bond donors (Lipinski definition) is 1. The summed E-state index contributed by atoms with van der Waals surface area (Å²) in [6.07, 6.45) is 1.71. The van der Waals surface area contributed by atoms with Crippen molar-refractivity contribution >= 4 is 39.2 Å². The van der Waals surface area contributed by atoms with Crippen LogP contribution >= 0.6 is 15.9 Å². The molecule has 0 saturated carbocycles. The Kier molecular flexibility index (Phi) is 6.09. The second kappa shape index (κ2) is 8.07. The molecule has 0 aliphatic carbocycles. The minimum Gasteiger partial charge on any atom is -0.497 e. The van der Waals surface area contributed by atoms with E-state index < -0.39 is 0 Å². The first kappa shape index (κ1) is 18.9. The van der Waals surface area contributed by atoms with Crippen molar-refractivity contribution in [2.24, 2.45) is 0 Å². The molecule has 2 N–H and O–H groups in total. The number of methoxy groups -OCH3 is 2. The summed E-state index contributed by atoms with van der Waals surface area (Å²) >= 11 is 3.36. The molecule has 0 amide bonds. The van der Waals surface area contributed by atoms with Crippen LogP contribution in [0.3, 0.4) is 0 Å². The number of rotatable bonds is 6. The second-order valence-corrected chi connectivity index (χ2v) is 6.45. The van der Waals surface area contributed by atoms with E-state index in [1.807, 2.05) is 25.1 Å². The van der Waals surface area contributed by atoms with Gasteiger partial charge in [-0.2, -0.15) is 0 Å². The third-order valence-electron chi connectivity index (χ3n) is 3.71. The summed E-state index contributed by atoms with van der Waals surface area (Å²) in [5.41, 5.74) is 8.69. The lowest BCUT2D eigenvalue weighted by molar-refractivity contribution is 0.104. The topological polar surface area (TPSA) is 64.8 Å². The smallest absolute Gasteiger partial charge is 0.200 e. The lowest BCUT2D eigenvalue weighted by Crippen LogP contribution is -2.12. The number of benzene rings is 2. The molecule has 25 heavy (non-hydrogen) atoms. The van der Waals surface area contributed by atoms with Crippen molar-refractivity contribution in [2.75, 3.05) is 38.9 Å². The summed E-state index contributed by atoms with van der Waals surface area (Å²) in [5.74, 6) is 1.16. The molecule has 2 aromatic carbocycles. The molecule has 2 rings (SSSR count). The van der Waals surface area contributed by atoms with Gasteiger partial charge < -0.3 is 20.1 Å². The zero-order chi connectivity index (χ0) is 18.6. The fourth-order valence-electron chi connectivity index (χ4n) is 2.40. The van der Waals surface area contributed by atoms with E-state index in [4.69, 9.17) is 15.2 Å². The van der Waals surface area contributed by atoms with Gasteiger partial charge in [-0.1, -0.05) is 0 Å². The summed E-state index contributed by atoms with van der Waals surface area (Å²) in [4.78, 5) is 14.6. The lowest BCUT2D eigenvalue weighted by Gasteiger charge is -2.15. The van der Waals surface area contributed by atoms with Gasteiger partial charge in [0.2, 0.25) is 0 Å². The number of ketones is 1. The second-order valence-electron chi connectivity index (χ2n) is 5.60. The molecule has 5 nitrogen and oxygen atoms in total. The van der Waals surface area contributed by atoms with E-state index in [0.717, 1.165) is 11.3 Å². The Morgan fingerprint density at radius 2 is 1.84 bits per heavy atom. The van der Waals surface area contributed by atoms with Crippen molar-refractivity contribution in [3.8, 4) is 11.5 Å². The molecule has 0 aromatic heterocycles. The highest BCUT2D eigenvalue weighted by molar-refractivity contribution is 9.12.